The van der Waals surface area contributed by atoms with Crippen LogP contribution < -0.4 is 27.4 Å². The lowest BCUT2D eigenvalue weighted by molar-refractivity contribution is -0.142. The number of carbonyl (C=O) groups is 5. The van der Waals surface area contributed by atoms with Crippen LogP contribution in [-0.4, -0.2) is 70.6 Å². The Hall–Kier alpha value is -2.73. The first kappa shape index (κ1) is 23.3. The van der Waals surface area contributed by atoms with Crippen molar-refractivity contribution in [3.8, 4) is 0 Å². The van der Waals surface area contributed by atoms with Crippen molar-refractivity contribution in [3.63, 3.8) is 0 Å². The Morgan fingerprint density at radius 1 is 0.923 bits per heavy atom. The number of amides is 4. The maximum absolute atomic E-state index is 12.0. The highest BCUT2D eigenvalue weighted by atomic mass is 16.4. The van der Waals surface area contributed by atoms with Gasteiger partial charge in [0.05, 0.1) is 12.6 Å². The van der Waals surface area contributed by atoms with Gasteiger partial charge in [0.15, 0.2) is 0 Å². The highest BCUT2D eigenvalue weighted by Crippen LogP contribution is 1.96. The minimum absolute atomic E-state index is 0.00422. The Balaban J connectivity index is 4.61. The first-order chi connectivity index (χ1) is 12.0. The van der Waals surface area contributed by atoms with Crippen molar-refractivity contribution in [2.45, 2.75) is 50.9 Å². The molecule has 4 amide bonds. The number of hydrogen-bond acceptors (Lipinski definition) is 7. The largest absolute Gasteiger partial charge is 0.480 e. The van der Waals surface area contributed by atoms with E-state index in [9.17, 15) is 29.1 Å². The third-order valence-corrected chi connectivity index (χ3v) is 3.34. The molecule has 0 unspecified atom stereocenters. The van der Waals surface area contributed by atoms with E-state index in [2.05, 4.69) is 16.0 Å². The number of aliphatic carboxylic acids is 1. The molecule has 0 heterocycles. The zero-order valence-corrected chi connectivity index (χ0v) is 14.5. The van der Waals surface area contributed by atoms with Crippen LogP contribution in [0.1, 0.15) is 26.7 Å². The summed E-state index contributed by atoms with van der Waals surface area (Å²) in [6, 6.07) is -4.76. The summed E-state index contributed by atoms with van der Waals surface area (Å²) in [5.74, 6) is -4.29. The fourth-order valence-electron chi connectivity index (χ4n) is 1.68. The monoisotopic (exact) mass is 375 g/mol. The third-order valence-electron chi connectivity index (χ3n) is 3.34. The van der Waals surface area contributed by atoms with Gasteiger partial charge in [0.1, 0.15) is 18.1 Å². The molecule has 0 aliphatic carbocycles. The summed E-state index contributed by atoms with van der Waals surface area (Å²) in [7, 11) is 0. The molecule has 9 N–H and O–H groups in total. The average molecular weight is 375 g/mol. The van der Waals surface area contributed by atoms with E-state index in [4.69, 9.17) is 16.6 Å². The van der Waals surface area contributed by atoms with Gasteiger partial charge < -0.3 is 37.6 Å². The van der Waals surface area contributed by atoms with Gasteiger partial charge in [0.25, 0.3) is 0 Å². The highest BCUT2D eigenvalue weighted by Gasteiger charge is 2.26. The van der Waals surface area contributed by atoms with Gasteiger partial charge in [0, 0.05) is 6.42 Å². The summed E-state index contributed by atoms with van der Waals surface area (Å²) in [5.41, 5.74) is 10.5. The average Bonchev–Trinajstić information content (AvgIpc) is 2.56. The molecule has 0 aromatic carbocycles. The molecule has 12 heteroatoms. The number of hydrogen-bond donors (Lipinski definition) is 7. The van der Waals surface area contributed by atoms with Gasteiger partial charge >= 0.3 is 5.97 Å². The molecule has 0 aromatic heterocycles. The summed E-state index contributed by atoms with van der Waals surface area (Å²) >= 11 is 0. The fraction of sp³-hybridized carbons (Fsp3) is 0.643. The molecule has 0 rings (SSSR count). The molecule has 4 atom stereocenters. The van der Waals surface area contributed by atoms with Crippen LogP contribution in [0.2, 0.25) is 0 Å². The normalized spacial score (nSPS) is 15.1. The Bertz CT molecular complexity index is 554. The number of rotatable bonds is 11. The van der Waals surface area contributed by atoms with Crippen LogP contribution in [0.3, 0.4) is 0 Å². The molecule has 0 aromatic rings. The fourth-order valence-corrected chi connectivity index (χ4v) is 1.68. The number of carboxylic acid groups (broad SMARTS) is 1. The highest BCUT2D eigenvalue weighted by molar-refractivity contribution is 5.94. The van der Waals surface area contributed by atoms with E-state index in [0.29, 0.717) is 0 Å². The van der Waals surface area contributed by atoms with Gasteiger partial charge in [-0.2, -0.15) is 0 Å². The molecule has 0 saturated heterocycles. The second-order valence-corrected chi connectivity index (χ2v) is 5.65. The van der Waals surface area contributed by atoms with Gasteiger partial charge in [-0.05, 0) is 20.3 Å². The first-order valence-corrected chi connectivity index (χ1v) is 7.78. The van der Waals surface area contributed by atoms with Crippen LogP contribution >= 0.6 is 0 Å². The van der Waals surface area contributed by atoms with Crippen molar-refractivity contribution in [3.05, 3.63) is 0 Å². The number of primary amides is 1. The van der Waals surface area contributed by atoms with Crippen LogP contribution in [0.5, 0.6) is 0 Å². The zero-order valence-electron chi connectivity index (χ0n) is 14.5. The SMILES string of the molecule is C[C@H](NC(=O)[C@H](CO)NC(=O)[C@H](C)NC(=O)[C@@H](N)CCC(N)=O)C(=O)O. The maximum atomic E-state index is 12.0. The molecule has 26 heavy (non-hydrogen) atoms. The quantitative estimate of drug-likeness (QED) is 0.189. The summed E-state index contributed by atoms with van der Waals surface area (Å²) in [5, 5.41) is 24.5. The molecule has 0 fully saturated rings. The van der Waals surface area contributed by atoms with Crippen molar-refractivity contribution >= 4 is 29.6 Å². The van der Waals surface area contributed by atoms with E-state index in [1.165, 1.54) is 13.8 Å². The number of nitrogens with one attached hydrogen (secondary N) is 3. The van der Waals surface area contributed by atoms with Crippen LogP contribution in [0.25, 0.3) is 0 Å². The van der Waals surface area contributed by atoms with Crippen molar-refractivity contribution < 1.29 is 34.2 Å². The molecule has 0 aliphatic rings. The zero-order chi connectivity index (χ0) is 20.4. The predicted molar refractivity (Wildman–Crippen MR) is 88.3 cm³/mol. The summed E-state index contributed by atoms with van der Waals surface area (Å²) in [4.78, 5) is 57.0. The van der Waals surface area contributed by atoms with E-state index in [-0.39, 0.29) is 12.8 Å². The van der Waals surface area contributed by atoms with Crippen LogP contribution in [0.4, 0.5) is 0 Å². The third kappa shape index (κ3) is 8.39. The second kappa shape index (κ2) is 11.0. The van der Waals surface area contributed by atoms with Crippen LogP contribution in [0, 0.1) is 0 Å². The van der Waals surface area contributed by atoms with E-state index in [1.807, 2.05) is 0 Å². The van der Waals surface area contributed by atoms with Crippen molar-refractivity contribution in [2.75, 3.05) is 6.61 Å². The van der Waals surface area contributed by atoms with Crippen LogP contribution in [0.15, 0.2) is 0 Å². The molecule has 0 saturated carbocycles. The van der Waals surface area contributed by atoms with E-state index >= 15 is 0 Å². The Morgan fingerprint density at radius 3 is 1.92 bits per heavy atom. The van der Waals surface area contributed by atoms with Crippen molar-refractivity contribution in [1.29, 1.82) is 0 Å². The summed E-state index contributed by atoms with van der Waals surface area (Å²) in [6.45, 7) is 1.76. The Labute approximate surface area is 149 Å². The van der Waals surface area contributed by atoms with Gasteiger partial charge in [-0.1, -0.05) is 0 Å². The number of aliphatic hydroxyl groups excluding tert-OH is 1. The van der Waals surface area contributed by atoms with Gasteiger partial charge in [0.2, 0.25) is 23.6 Å². The van der Waals surface area contributed by atoms with E-state index in [1.54, 1.807) is 0 Å². The minimum atomic E-state index is -1.40. The number of aliphatic hydroxyl groups is 1. The molecular formula is C14H25N5O7. The maximum Gasteiger partial charge on any atom is 0.325 e. The summed E-state index contributed by atoms with van der Waals surface area (Å²) < 4.78 is 0. The molecular weight excluding hydrogens is 350 g/mol. The molecule has 0 aliphatic heterocycles. The summed E-state index contributed by atoms with van der Waals surface area (Å²) in [6.07, 6.45) is -0.0893. The van der Waals surface area contributed by atoms with Gasteiger partial charge in [-0.15, -0.1) is 0 Å². The Morgan fingerprint density at radius 2 is 1.46 bits per heavy atom. The predicted octanol–water partition coefficient (Wildman–Crippen LogP) is -3.85. The lowest BCUT2D eigenvalue weighted by Gasteiger charge is -2.21. The molecule has 148 valence electrons. The van der Waals surface area contributed by atoms with Gasteiger partial charge in [-0.3, -0.25) is 24.0 Å². The molecule has 0 radical (unpaired) electrons. The molecule has 0 spiro atoms. The topological polar surface area (TPSA) is 214 Å². The van der Waals surface area contributed by atoms with E-state index in [0.717, 1.165) is 0 Å². The van der Waals surface area contributed by atoms with Crippen molar-refractivity contribution in [2.24, 2.45) is 11.5 Å². The van der Waals surface area contributed by atoms with Crippen molar-refractivity contribution in [1.82, 2.24) is 16.0 Å². The first-order valence-electron chi connectivity index (χ1n) is 7.78. The standard InChI is InChI=1S/C14H25N5O7/c1-6(17-12(23)8(15)3-4-10(16)21)11(22)19-9(5-20)13(24)18-7(2)14(25)26/h6-9,20H,3-5,15H2,1-2H3,(H2,16,21)(H,17,23)(H,18,24)(H,19,22)(H,25,26)/t6-,7-,8-,9-/m0/s1. The number of carbonyl (C=O) groups excluding carboxylic acids is 4. The van der Waals surface area contributed by atoms with Crippen LogP contribution in [-0.2, 0) is 24.0 Å². The molecule has 12 nitrogen and oxygen atoms in total. The Kier molecular flexibility index (Phi) is 9.84. The van der Waals surface area contributed by atoms with Gasteiger partial charge in [-0.25, -0.2) is 0 Å². The second-order valence-electron chi connectivity index (χ2n) is 5.65. The van der Waals surface area contributed by atoms with E-state index < -0.39 is 60.4 Å². The minimum Gasteiger partial charge on any atom is -0.480 e. The number of carboxylic acids is 1. The lowest BCUT2D eigenvalue weighted by Crippen LogP contribution is -2.57. The smallest absolute Gasteiger partial charge is 0.325 e. The molecule has 0 bridgehead atoms. The number of nitrogens with two attached hydrogens (primary N) is 2. The lowest BCUT2D eigenvalue weighted by atomic mass is 10.1.